The number of thiophene rings is 2. The summed E-state index contributed by atoms with van der Waals surface area (Å²) in [7, 11) is -3.57. The first kappa shape index (κ1) is 16.1. The molecular weight excluding hydrogens is 382 g/mol. The fourth-order valence-electron chi connectivity index (χ4n) is 1.64. The van der Waals surface area contributed by atoms with Gasteiger partial charge in [0.15, 0.2) is 0 Å². The number of hydrogen-bond acceptors (Lipinski definition) is 5. The highest BCUT2D eigenvalue weighted by Crippen LogP contribution is 2.32. The van der Waals surface area contributed by atoms with Crippen LogP contribution in [0.3, 0.4) is 0 Å². The second-order valence-electron chi connectivity index (χ2n) is 4.29. The summed E-state index contributed by atoms with van der Waals surface area (Å²) in [6.07, 6.45) is 0. The third-order valence-electron chi connectivity index (χ3n) is 2.81. The Labute approximate surface area is 134 Å². The number of sulfonamides is 1. The molecule has 0 bridgehead atoms. The topological polar surface area (TPSA) is 66.4 Å². The highest BCUT2D eigenvalue weighted by Gasteiger charge is 2.20. The molecule has 0 unspecified atom stereocenters. The number of hydrogen-bond donors (Lipinski definition) is 2. The molecule has 0 aliphatic heterocycles. The zero-order chi connectivity index (χ0) is 14.9. The molecule has 0 aromatic carbocycles. The van der Waals surface area contributed by atoms with E-state index in [1.54, 1.807) is 11.3 Å². The monoisotopic (exact) mass is 395 g/mol. The molecule has 110 valence electrons. The van der Waals surface area contributed by atoms with Crippen LogP contribution in [0.4, 0.5) is 0 Å². The SMILES string of the molecule is Cc1cc(CNS(=O)(=O)c2cc(CO)sc2Br)sc1C. The summed E-state index contributed by atoms with van der Waals surface area (Å²) in [5, 5.41) is 9.06. The summed E-state index contributed by atoms with van der Waals surface area (Å²) >= 11 is 6.03. The Hall–Kier alpha value is -0.250. The highest BCUT2D eigenvalue weighted by atomic mass is 79.9. The Kier molecular flexibility index (Phi) is 5.04. The van der Waals surface area contributed by atoms with Gasteiger partial charge in [0.1, 0.15) is 4.90 Å². The van der Waals surface area contributed by atoms with Gasteiger partial charge < -0.3 is 5.11 Å². The maximum atomic E-state index is 12.2. The van der Waals surface area contributed by atoms with Crippen LogP contribution in [-0.2, 0) is 23.2 Å². The van der Waals surface area contributed by atoms with Gasteiger partial charge in [-0.1, -0.05) is 0 Å². The van der Waals surface area contributed by atoms with Crippen molar-refractivity contribution in [3.05, 3.63) is 36.1 Å². The van der Waals surface area contributed by atoms with Gasteiger partial charge in [-0.2, -0.15) is 0 Å². The molecule has 0 amide bonds. The van der Waals surface area contributed by atoms with Crippen molar-refractivity contribution in [2.75, 3.05) is 0 Å². The van der Waals surface area contributed by atoms with E-state index < -0.39 is 10.0 Å². The summed E-state index contributed by atoms with van der Waals surface area (Å²) in [4.78, 5) is 2.97. The fourth-order valence-corrected chi connectivity index (χ4v) is 6.27. The minimum absolute atomic E-state index is 0.165. The third kappa shape index (κ3) is 3.49. The standard InChI is InChI=1S/C12H14BrNO3S3/c1-7-3-9(18-8(7)2)5-14-20(16,17)11-4-10(6-15)19-12(11)13/h3-4,14-15H,5-6H2,1-2H3. The summed E-state index contributed by atoms with van der Waals surface area (Å²) in [5.41, 5.74) is 1.17. The second kappa shape index (κ2) is 6.25. The number of halogens is 1. The Morgan fingerprint density at radius 3 is 2.45 bits per heavy atom. The zero-order valence-electron chi connectivity index (χ0n) is 10.9. The third-order valence-corrected chi connectivity index (χ3v) is 7.60. The summed E-state index contributed by atoms with van der Waals surface area (Å²) in [6, 6.07) is 3.48. The number of rotatable bonds is 5. The molecule has 0 radical (unpaired) electrons. The van der Waals surface area contributed by atoms with E-state index in [1.165, 1.54) is 27.8 Å². The van der Waals surface area contributed by atoms with E-state index in [9.17, 15) is 8.42 Å². The van der Waals surface area contributed by atoms with E-state index in [4.69, 9.17) is 5.11 Å². The number of aryl methyl sites for hydroxylation is 2. The summed E-state index contributed by atoms with van der Waals surface area (Å²) in [6.45, 7) is 4.13. The van der Waals surface area contributed by atoms with Gasteiger partial charge in [-0.05, 0) is 47.5 Å². The van der Waals surface area contributed by atoms with Crippen molar-refractivity contribution >= 4 is 48.6 Å². The molecule has 0 aliphatic rings. The van der Waals surface area contributed by atoms with E-state index in [-0.39, 0.29) is 18.0 Å². The molecular formula is C12H14BrNO3S3. The van der Waals surface area contributed by atoms with Crippen LogP contribution in [0, 0.1) is 13.8 Å². The zero-order valence-corrected chi connectivity index (χ0v) is 15.0. The molecule has 0 spiro atoms. The molecule has 0 saturated carbocycles. The maximum Gasteiger partial charge on any atom is 0.242 e. The van der Waals surface area contributed by atoms with E-state index in [2.05, 4.69) is 20.7 Å². The van der Waals surface area contributed by atoms with Gasteiger partial charge in [0.2, 0.25) is 10.0 Å². The van der Waals surface area contributed by atoms with E-state index >= 15 is 0 Å². The normalized spacial score (nSPS) is 12.0. The summed E-state index contributed by atoms with van der Waals surface area (Å²) < 4.78 is 27.6. The van der Waals surface area contributed by atoms with Crippen LogP contribution in [0.25, 0.3) is 0 Å². The van der Waals surface area contributed by atoms with Crippen LogP contribution in [0.1, 0.15) is 20.2 Å². The molecule has 0 atom stereocenters. The molecule has 2 N–H and O–H groups in total. The molecule has 20 heavy (non-hydrogen) atoms. The van der Waals surface area contributed by atoms with Crippen molar-refractivity contribution in [2.24, 2.45) is 0 Å². The average Bonchev–Trinajstić information content (AvgIpc) is 2.91. The largest absolute Gasteiger partial charge is 0.391 e. The van der Waals surface area contributed by atoms with E-state index in [0.717, 1.165) is 4.88 Å². The van der Waals surface area contributed by atoms with Crippen LogP contribution in [0.15, 0.2) is 20.8 Å². The van der Waals surface area contributed by atoms with Crippen molar-refractivity contribution in [3.8, 4) is 0 Å². The number of aliphatic hydroxyl groups is 1. The van der Waals surface area contributed by atoms with Crippen molar-refractivity contribution in [2.45, 2.75) is 31.9 Å². The molecule has 4 nitrogen and oxygen atoms in total. The second-order valence-corrected chi connectivity index (χ2v) is 9.82. The molecule has 2 rings (SSSR count). The molecule has 0 fully saturated rings. The lowest BCUT2D eigenvalue weighted by molar-refractivity contribution is 0.285. The fraction of sp³-hybridized carbons (Fsp3) is 0.333. The van der Waals surface area contributed by atoms with Gasteiger partial charge in [-0.15, -0.1) is 22.7 Å². The lowest BCUT2D eigenvalue weighted by atomic mass is 10.3. The molecule has 0 aliphatic carbocycles. The Morgan fingerprint density at radius 2 is 1.95 bits per heavy atom. The van der Waals surface area contributed by atoms with Crippen LogP contribution < -0.4 is 4.72 Å². The van der Waals surface area contributed by atoms with Crippen molar-refractivity contribution < 1.29 is 13.5 Å². The van der Waals surface area contributed by atoms with Gasteiger partial charge in [-0.3, -0.25) is 0 Å². The lowest BCUT2D eigenvalue weighted by Gasteiger charge is -2.04. The number of aliphatic hydroxyl groups excluding tert-OH is 1. The molecule has 8 heteroatoms. The molecule has 0 saturated heterocycles. The van der Waals surface area contributed by atoms with Gasteiger partial charge in [0.05, 0.1) is 10.4 Å². The van der Waals surface area contributed by atoms with Gasteiger partial charge >= 0.3 is 0 Å². The predicted octanol–water partition coefficient (Wildman–Crippen LogP) is 3.16. The van der Waals surface area contributed by atoms with Crippen LogP contribution in [-0.4, -0.2) is 13.5 Å². The Balaban J connectivity index is 2.16. The Morgan fingerprint density at radius 1 is 1.25 bits per heavy atom. The first-order chi connectivity index (χ1) is 9.33. The summed E-state index contributed by atoms with van der Waals surface area (Å²) in [5.74, 6) is 0. The first-order valence-corrected chi connectivity index (χ1v) is 9.69. The van der Waals surface area contributed by atoms with Crippen LogP contribution in [0.2, 0.25) is 0 Å². The van der Waals surface area contributed by atoms with Crippen LogP contribution >= 0.6 is 38.6 Å². The minimum atomic E-state index is -3.57. The predicted molar refractivity (Wildman–Crippen MR) is 85.8 cm³/mol. The minimum Gasteiger partial charge on any atom is -0.391 e. The molecule has 2 aromatic heterocycles. The smallest absolute Gasteiger partial charge is 0.242 e. The Bertz CT molecular complexity index is 699. The van der Waals surface area contributed by atoms with Gasteiger partial charge in [0.25, 0.3) is 0 Å². The molecule has 2 heterocycles. The van der Waals surface area contributed by atoms with Gasteiger partial charge in [0, 0.05) is 21.2 Å². The quantitative estimate of drug-likeness (QED) is 0.816. The van der Waals surface area contributed by atoms with Gasteiger partial charge in [-0.25, -0.2) is 13.1 Å². The maximum absolute atomic E-state index is 12.2. The highest BCUT2D eigenvalue weighted by molar-refractivity contribution is 9.11. The van der Waals surface area contributed by atoms with Crippen LogP contribution in [0.5, 0.6) is 0 Å². The van der Waals surface area contributed by atoms with E-state index in [1.807, 2.05) is 19.9 Å². The van der Waals surface area contributed by atoms with Crippen molar-refractivity contribution in [1.82, 2.24) is 4.72 Å². The lowest BCUT2D eigenvalue weighted by Crippen LogP contribution is -2.22. The molecule has 2 aromatic rings. The first-order valence-electron chi connectivity index (χ1n) is 5.78. The average molecular weight is 396 g/mol. The number of nitrogens with one attached hydrogen (secondary N) is 1. The van der Waals surface area contributed by atoms with Crippen molar-refractivity contribution in [1.29, 1.82) is 0 Å². The van der Waals surface area contributed by atoms with Crippen molar-refractivity contribution in [3.63, 3.8) is 0 Å². The van der Waals surface area contributed by atoms with E-state index in [0.29, 0.717) is 8.66 Å².